The zero-order valence-electron chi connectivity index (χ0n) is 10.4. The molecular formula is C11H21NO4. The fourth-order valence-corrected chi connectivity index (χ4v) is 1.76. The van der Waals surface area contributed by atoms with E-state index in [4.69, 9.17) is 9.47 Å². The number of aliphatic hydroxyl groups is 1. The van der Waals surface area contributed by atoms with Crippen LogP contribution in [0.3, 0.4) is 0 Å². The molecule has 1 saturated heterocycles. The van der Waals surface area contributed by atoms with Crippen molar-refractivity contribution >= 4 is 6.09 Å². The SMILES string of the molecule is COCC1C(O)CCN1C(=O)OC(C)(C)C. The molecule has 0 aliphatic carbocycles. The van der Waals surface area contributed by atoms with Crippen LogP contribution < -0.4 is 0 Å². The van der Waals surface area contributed by atoms with Crippen LogP contribution in [-0.4, -0.2) is 54.1 Å². The summed E-state index contributed by atoms with van der Waals surface area (Å²) in [4.78, 5) is 13.4. The van der Waals surface area contributed by atoms with E-state index in [1.54, 1.807) is 12.0 Å². The monoisotopic (exact) mass is 231 g/mol. The molecule has 0 spiro atoms. The molecule has 1 aliphatic rings. The summed E-state index contributed by atoms with van der Waals surface area (Å²) in [5.74, 6) is 0. The molecule has 2 unspecified atom stereocenters. The molecule has 1 fully saturated rings. The highest BCUT2D eigenvalue weighted by atomic mass is 16.6. The maximum atomic E-state index is 11.8. The molecule has 1 heterocycles. The van der Waals surface area contributed by atoms with Gasteiger partial charge in [0.2, 0.25) is 0 Å². The van der Waals surface area contributed by atoms with E-state index in [9.17, 15) is 9.90 Å². The third kappa shape index (κ3) is 3.35. The van der Waals surface area contributed by atoms with Crippen LogP contribution >= 0.6 is 0 Å². The highest BCUT2D eigenvalue weighted by Crippen LogP contribution is 2.21. The summed E-state index contributed by atoms with van der Waals surface area (Å²) in [5, 5.41) is 9.71. The smallest absolute Gasteiger partial charge is 0.410 e. The van der Waals surface area contributed by atoms with E-state index in [1.165, 1.54) is 0 Å². The van der Waals surface area contributed by atoms with Gasteiger partial charge < -0.3 is 19.5 Å². The summed E-state index contributed by atoms with van der Waals surface area (Å²) in [6, 6.07) is -0.292. The third-order valence-corrected chi connectivity index (χ3v) is 2.48. The van der Waals surface area contributed by atoms with Crippen LogP contribution in [0.15, 0.2) is 0 Å². The molecule has 5 heteroatoms. The summed E-state index contributed by atoms with van der Waals surface area (Å²) in [7, 11) is 1.55. The van der Waals surface area contributed by atoms with Crippen molar-refractivity contribution in [2.45, 2.75) is 44.9 Å². The zero-order valence-corrected chi connectivity index (χ0v) is 10.4. The molecule has 94 valence electrons. The van der Waals surface area contributed by atoms with E-state index in [-0.39, 0.29) is 12.1 Å². The Bertz CT molecular complexity index is 249. The van der Waals surface area contributed by atoms with Crippen LogP contribution in [0.1, 0.15) is 27.2 Å². The number of rotatable bonds is 2. The summed E-state index contributed by atoms with van der Waals surface area (Å²) < 4.78 is 10.3. The molecule has 5 nitrogen and oxygen atoms in total. The second-order valence-corrected chi connectivity index (χ2v) is 5.05. The second kappa shape index (κ2) is 5.01. The maximum Gasteiger partial charge on any atom is 0.410 e. The number of aliphatic hydroxyl groups excluding tert-OH is 1. The van der Waals surface area contributed by atoms with Gasteiger partial charge in [-0.25, -0.2) is 4.79 Å². The van der Waals surface area contributed by atoms with Gasteiger partial charge in [0.05, 0.1) is 18.8 Å². The van der Waals surface area contributed by atoms with Gasteiger partial charge in [-0.15, -0.1) is 0 Å². The number of amides is 1. The van der Waals surface area contributed by atoms with Crippen molar-refractivity contribution in [1.29, 1.82) is 0 Å². The molecule has 0 aromatic carbocycles. The van der Waals surface area contributed by atoms with Gasteiger partial charge in [-0.2, -0.15) is 0 Å². The molecule has 0 bridgehead atoms. The number of likely N-dealkylation sites (tertiary alicyclic amines) is 1. The highest BCUT2D eigenvalue weighted by molar-refractivity contribution is 5.69. The highest BCUT2D eigenvalue weighted by Gasteiger charge is 2.37. The van der Waals surface area contributed by atoms with Gasteiger partial charge in [-0.3, -0.25) is 0 Å². The Labute approximate surface area is 96.3 Å². The molecule has 0 aromatic heterocycles. The number of hydrogen-bond donors (Lipinski definition) is 1. The molecule has 0 radical (unpaired) electrons. The molecule has 0 saturated carbocycles. The van der Waals surface area contributed by atoms with Crippen molar-refractivity contribution in [2.24, 2.45) is 0 Å². The second-order valence-electron chi connectivity index (χ2n) is 5.05. The normalized spacial score (nSPS) is 25.9. The minimum atomic E-state index is -0.521. The average molecular weight is 231 g/mol. The molecule has 1 rings (SSSR count). The summed E-state index contributed by atoms with van der Waals surface area (Å²) >= 11 is 0. The molecule has 2 atom stereocenters. The molecule has 16 heavy (non-hydrogen) atoms. The van der Waals surface area contributed by atoms with E-state index in [0.717, 1.165) is 0 Å². The number of methoxy groups -OCH3 is 1. The van der Waals surface area contributed by atoms with Crippen LogP contribution in [0.5, 0.6) is 0 Å². The predicted octanol–water partition coefficient (Wildman–Crippen LogP) is 1.00. The number of ether oxygens (including phenoxy) is 2. The average Bonchev–Trinajstić information content (AvgIpc) is 2.46. The Morgan fingerprint density at radius 1 is 1.50 bits per heavy atom. The lowest BCUT2D eigenvalue weighted by Crippen LogP contribution is -2.44. The number of carbonyl (C=O) groups is 1. The fourth-order valence-electron chi connectivity index (χ4n) is 1.76. The first-order valence-electron chi connectivity index (χ1n) is 5.52. The topological polar surface area (TPSA) is 59.0 Å². The standard InChI is InChI=1S/C11H21NO4/c1-11(2,3)16-10(14)12-6-5-9(13)8(12)7-15-4/h8-9,13H,5-7H2,1-4H3. The van der Waals surface area contributed by atoms with Crippen molar-refractivity contribution in [3.8, 4) is 0 Å². The Balaban J connectivity index is 2.61. The molecule has 0 aromatic rings. The molecule has 1 aliphatic heterocycles. The van der Waals surface area contributed by atoms with Crippen LogP contribution in [0.25, 0.3) is 0 Å². The Hall–Kier alpha value is -0.810. The van der Waals surface area contributed by atoms with Gasteiger partial charge >= 0.3 is 6.09 Å². The van der Waals surface area contributed by atoms with E-state index in [2.05, 4.69) is 0 Å². The van der Waals surface area contributed by atoms with E-state index >= 15 is 0 Å². The summed E-state index contributed by atoms with van der Waals surface area (Å²) in [6.45, 7) is 6.32. The van der Waals surface area contributed by atoms with Gasteiger partial charge in [0.15, 0.2) is 0 Å². The first-order valence-corrected chi connectivity index (χ1v) is 5.52. The number of nitrogens with zero attached hydrogens (tertiary/aromatic N) is 1. The summed E-state index contributed by atoms with van der Waals surface area (Å²) in [5.41, 5.74) is -0.512. The first-order chi connectivity index (χ1) is 7.35. The minimum absolute atomic E-state index is 0.292. The Morgan fingerprint density at radius 3 is 2.62 bits per heavy atom. The van der Waals surface area contributed by atoms with Crippen molar-refractivity contribution in [3.05, 3.63) is 0 Å². The van der Waals surface area contributed by atoms with E-state index in [0.29, 0.717) is 19.6 Å². The maximum absolute atomic E-state index is 11.8. The zero-order chi connectivity index (χ0) is 12.3. The Kier molecular flexibility index (Phi) is 4.15. The van der Waals surface area contributed by atoms with Crippen LogP contribution in [0, 0.1) is 0 Å². The van der Waals surface area contributed by atoms with E-state index < -0.39 is 11.7 Å². The number of hydrogen-bond acceptors (Lipinski definition) is 4. The first kappa shape index (κ1) is 13.3. The van der Waals surface area contributed by atoms with Gasteiger partial charge in [-0.05, 0) is 27.2 Å². The molecular weight excluding hydrogens is 210 g/mol. The van der Waals surface area contributed by atoms with Crippen molar-refractivity contribution in [2.75, 3.05) is 20.3 Å². The van der Waals surface area contributed by atoms with Gasteiger partial charge in [-0.1, -0.05) is 0 Å². The van der Waals surface area contributed by atoms with Crippen LogP contribution in [0.4, 0.5) is 4.79 Å². The number of carbonyl (C=O) groups excluding carboxylic acids is 1. The summed E-state index contributed by atoms with van der Waals surface area (Å²) in [6.07, 6.45) is -0.327. The van der Waals surface area contributed by atoms with Crippen LogP contribution in [0.2, 0.25) is 0 Å². The van der Waals surface area contributed by atoms with Crippen molar-refractivity contribution < 1.29 is 19.4 Å². The quantitative estimate of drug-likeness (QED) is 0.770. The molecule has 1 amide bonds. The van der Waals surface area contributed by atoms with Gasteiger partial charge in [0, 0.05) is 13.7 Å². The fraction of sp³-hybridized carbons (Fsp3) is 0.909. The van der Waals surface area contributed by atoms with Crippen molar-refractivity contribution in [1.82, 2.24) is 4.90 Å². The Morgan fingerprint density at radius 2 is 2.12 bits per heavy atom. The lowest BCUT2D eigenvalue weighted by molar-refractivity contribution is 0.00180. The third-order valence-electron chi connectivity index (χ3n) is 2.48. The van der Waals surface area contributed by atoms with Gasteiger partial charge in [0.25, 0.3) is 0 Å². The van der Waals surface area contributed by atoms with Crippen molar-refractivity contribution in [3.63, 3.8) is 0 Å². The molecule has 1 N–H and O–H groups in total. The van der Waals surface area contributed by atoms with Gasteiger partial charge in [0.1, 0.15) is 5.60 Å². The lowest BCUT2D eigenvalue weighted by Gasteiger charge is -2.29. The van der Waals surface area contributed by atoms with E-state index in [1.807, 2.05) is 20.8 Å². The van der Waals surface area contributed by atoms with Crippen LogP contribution in [-0.2, 0) is 9.47 Å². The predicted molar refractivity (Wildman–Crippen MR) is 59.2 cm³/mol. The lowest BCUT2D eigenvalue weighted by atomic mass is 10.2. The largest absolute Gasteiger partial charge is 0.444 e. The minimum Gasteiger partial charge on any atom is -0.444 e.